The molecular weight excluding hydrogens is 362 g/mol. The van der Waals surface area contributed by atoms with Gasteiger partial charge in [0, 0.05) is 16.4 Å². The summed E-state index contributed by atoms with van der Waals surface area (Å²) in [5, 5.41) is 3.23. The highest BCUT2D eigenvalue weighted by molar-refractivity contribution is 9.10. The van der Waals surface area contributed by atoms with Crippen molar-refractivity contribution in [2.24, 2.45) is 5.84 Å². The van der Waals surface area contributed by atoms with Crippen molar-refractivity contribution in [2.75, 3.05) is 10.7 Å². The summed E-state index contributed by atoms with van der Waals surface area (Å²) in [6, 6.07) is 5.92. The first kappa shape index (κ1) is 13.3. The van der Waals surface area contributed by atoms with Crippen LogP contribution in [0.15, 0.2) is 33.3 Å². The number of nitrogen functional groups attached to an aromatic ring is 1. The van der Waals surface area contributed by atoms with Gasteiger partial charge < -0.3 is 5.32 Å². The molecule has 1 aromatic heterocycles. The molecule has 0 atom stereocenters. The first-order valence-electron chi connectivity index (χ1n) is 5.13. The van der Waals surface area contributed by atoms with E-state index in [0.29, 0.717) is 11.8 Å². The molecule has 0 aliphatic rings. The quantitative estimate of drug-likeness (QED) is 0.569. The van der Waals surface area contributed by atoms with Crippen LogP contribution in [0.4, 0.5) is 17.5 Å². The maximum atomic E-state index is 5.29. The number of aromatic nitrogens is 2. The number of nitrogens with one attached hydrogen (secondary N) is 2. The summed E-state index contributed by atoms with van der Waals surface area (Å²) < 4.78 is 1.80. The summed E-state index contributed by atoms with van der Waals surface area (Å²) in [5.74, 6) is 6.30. The Labute approximate surface area is 121 Å². The van der Waals surface area contributed by atoms with E-state index in [1.807, 2.05) is 25.1 Å². The van der Waals surface area contributed by atoms with Crippen molar-refractivity contribution in [2.45, 2.75) is 6.92 Å². The molecule has 18 heavy (non-hydrogen) atoms. The maximum absolute atomic E-state index is 5.29. The number of hydrogen-bond acceptors (Lipinski definition) is 5. The van der Waals surface area contributed by atoms with Crippen molar-refractivity contribution in [3.05, 3.63) is 38.9 Å². The highest BCUT2D eigenvalue weighted by Gasteiger charge is 2.07. The van der Waals surface area contributed by atoms with Gasteiger partial charge in [0.2, 0.25) is 5.95 Å². The van der Waals surface area contributed by atoms with Crippen LogP contribution in [-0.2, 0) is 0 Å². The van der Waals surface area contributed by atoms with Crippen molar-refractivity contribution >= 4 is 49.3 Å². The second kappa shape index (κ2) is 5.64. The van der Waals surface area contributed by atoms with Crippen molar-refractivity contribution in [1.82, 2.24) is 9.97 Å². The highest BCUT2D eigenvalue weighted by Crippen LogP contribution is 2.29. The minimum atomic E-state index is 0.355. The lowest BCUT2D eigenvalue weighted by molar-refractivity contribution is 1.11. The van der Waals surface area contributed by atoms with Crippen LogP contribution in [-0.4, -0.2) is 9.97 Å². The number of rotatable bonds is 3. The molecule has 7 heteroatoms. The molecule has 0 unspecified atom stereocenters. The molecule has 0 radical (unpaired) electrons. The van der Waals surface area contributed by atoms with Crippen LogP contribution in [0.1, 0.15) is 5.56 Å². The van der Waals surface area contributed by atoms with Gasteiger partial charge in [0.25, 0.3) is 0 Å². The van der Waals surface area contributed by atoms with Crippen LogP contribution in [0.2, 0.25) is 0 Å². The molecule has 1 heterocycles. The molecule has 0 bridgehead atoms. The van der Waals surface area contributed by atoms with Crippen LogP contribution in [0.25, 0.3) is 0 Å². The second-order valence-corrected chi connectivity index (χ2v) is 5.28. The number of anilines is 3. The van der Waals surface area contributed by atoms with Crippen LogP contribution < -0.4 is 16.6 Å². The van der Waals surface area contributed by atoms with Gasteiger partial charge in [0.1, 0.15) is 5.82 Å². The first-order chi connectivity index (χ1) is 8.61. The Bertz CT molecular complexity index is 573. The third-order valence-electron chi connectivity index (χ3n) is 2.39. The molecule has 94 valence electrons. The second-order valence-electron chi connectivity index (χ2n) is 3.57. The predicted octanol–water partition coefficient (Wildman–Crippen LogP) is 3.34. The van der Waals surface area contributed by atoms with Gasteiger partial charge in [-0.15, -0.1) is 0 Å². The molecular formula is C11H11Br2N5. The number of benzene rings is 1. The summed E-state index contributed by atoms with van der Waals surface area (Å²) >= 11 is 6.88. The minimum Gasteiger partial charge on any atom is -0.339 e. The van der Waals surface area contributed by atoms with Crippen molar-refractivity contribution < 1.29 is 0 Å². The average Bonchev–Trinajstić information content (AvgIpc) is 2.37. The number of nitrogens with zero attached hydrogens (tertiary/aromatic N) is 2. The first-order valence-corrected chi connectivity index (χ1v) is 6.71. The lowest BCUT2D eigenvalue weighted by atomic mass is 10.2. The predicted molar refractivity (Wildman–Crippen MR) is 79.7 cm³/mol. The van der Waals surface area contributed by atoms with E-state index in [2.05, 4.69) is 52.6 Å². The van der Waals surface area contributed by atoms with Gasteiger partial charge in [-0.3, -0.25) is 5.43 Å². The van der Waals surface area contributed by atoms with Crippen molar-refractivity contribution in [1.29, 1.82) is 0 Å². The summed E-state index contributed by atoms with van der Waals surface area (Å²) in [6.07, 6.45) is 1.64. The molecule has 0 saturated heterocycles. The van der Waals surface area contributed by atoms with E-state index in [1.165, 1.54) is 0 Å². The third kappa shape index (κ3) is 2.80. The zero-order valence-electron chi connectivity index (χ0n) is 9.54. The van der Waals surface area contributed by atoms with Crippen LogP contribution >= 0.6 is 31.9 Å². The molecule has 2 aromatic rings. The summed E-state index contributed by atoms with van der Waals surface area (Å²) in [5.41, 5.74) is 4.48. The van der Waals surface area contributed by atoms with E-state index in [4.69, 9.17) is 5.84 Å². The lowest BCUT2D eigenvalue weighted by Crippen LogP contribution is -2.11. The van der Waals surface area contributed by atoms with E-state index >= 15 is 0 Å². The zero-order chi connectivity index (χ0) is 13.1. The smallest absolute Gasteiger partial charge is 0.239 e. The molecule has 0 aliphatic carbocycles. The topological polar surface area (TPSA) is 75.9 Å². The fourth-order valence-electron chi connectivity index (χ4n) is 1.39. The summed E-state index contributed by atoms with van der Waals surface area (Å²) in [6.45, 7) is 2.02. The summed E-state index contributed by atoms with van der Waals surface area (Å²) in [4.78, 5) is 8.23. The minimum absolute atomic E-state index is 0.355. The Kier molecular flexibility index (Phi) is 4.15. The lowest BCUT2D eigenvalue weighted by Gasteiger charge is -2.11. The van der Waals surface area contributed by atoms with Crippen molar-refractivity contribution in [3.63, 3.8) is 0 Å². The van der Waals surface area contributed by atoms with Crippen LogP contribution in [0.3, 0.4) is 0 Å². The standard InChI is InChI=1S/C11H11Br2N5/c1-6-7(12)3-2-4-9(6)16-10-8(13)5-15-11(17-10)18-14/h2-5H,14H2,1H3,(H2,15,16,17,18). The van der Waals surface area contributed by atoms with Gasteiger partial charge in [0.05, 0.1) is 4.47 Å². The fourth-order valence-corrected chi connectivity index (χ4v) is 2.05. The number of hydrogen-bond donors (Lipinski definition) is 3. The number of hydrazine groups is 1. The third-order valence-corrected chi connectivity index (χ3v) is 3.83. The molecule has 0 aliphatic heterocycles. The van der Waals surface area contributed by atoms with Crippen LogP contribution in [0, 0.1) is 6.92 Å². The Morgan fingerprint density at radius 2 is 2.00 bits per heavy atom. The Morgan fingerprint density at radius 3 is 2.72 bits per heavy atom. The molecule has 5 nitrogen and oxygen atoms in total. The molecule has 1 aromatic carbocycles. The molecule has 4 N–H and O–H groups in total. The normalized spacial score (nSPS) is 10.2. The Morgan fingerprint density at radius 1 is 1.22 bits per heavy atom. The number of halogens is 2. The van der Waals surface area contributed by atoms with Gasteiger partial charge in [-0.1, -0.05) is 22.0 Å². The van der Waals surface area contributed by atoms with E-state index in [9.17, 15) is 0 Å². The van der Waals surface area contributed by atoms with Gasteiger partial charge in [-0.05, 0) is 40.5 Å². The zero-order valence-corrected chi connectivity index (χ0v) is 12.7. The van der Waals surface area contributed by atoms with Gasteiger partial charge >= 0.3 is 0 Å². The van der Waals surface area contributed by atoms with E-state index in [1.54, 1.807) is 6.20 Å². The fraction of sp³-hybridized carbons (Fsp3) is 0.0909. The van der Waals surface area contributed by atoms with Gasteiger partial charge in [0.15, 0.2) is 0 Å². The SMILES string of the molecule is Cc1c(Br)cccc1Nc1nc(NN)ncc1Br. The van der Waals surface area contributed by atoms with Gasteiger partial charge in [-0.25, -0.2) is 10.8 Å². The number of nitrogens with two attached hydrogens (primary N) is 1. The van der Waals surface area contributed by atoms with Gasteiger partial charge in [-0.2, -0.15) is 4.98 Å². The molecule has 2 rings (SSSR count). The molecule has 0 fully saturated rings. The molecule has 0 amide bonds. The maximum Gasteiger partial charge on any atom is 0.239 e. The Balaban J connectivity index is 2.36. The molecule has 0 saturated carbocycles. The van der Waals surface area contributed by atoms with E-state index < -0.39 is 0 Å². The van der Waals surface area contributed by atoms with E-state index in [0.717, 1.165) is 20.2 Å². The Hall–Kier alpha value is -1.18. The molecule has 0 spiro atoms. The van der Waals surface area contributed by atoms with Crippen LogP contribution in [0.5, 0.6) is 0 Å². The van der Waals surface area contributed by atoms with E-state index in [-0.39, 0.29) is 0 Å². The van der Waals surface area contributed by atoms with Crippen molar-refractivity contribution in [3.8, 4) is 0 Å². The highest BCUT2D eigenvalue weighted by atomic mass is 79.9. The summed E-state index contributed by atoms with van der Waals surface area (Å²) in [7, 11) is 0. The monoisotopic (exact) mass is 371 g/mol. The average molecular weight is 373 g/mol. The largest absolute Gasteiger partial charge is 0.339 e.